The molecule has 0 aliphatic heterocycles. The second kappa shape index (κ2) is 6.28. The number of hydrogen-bond donors (Lipinski definition) is 1. The maximum atomic E-state index is 11.3. The van der Waals surface area contributed by atoms with Crippen LogP contribution in [-0.2, 0) is 4.79 Å². The first-order valence-electron chi connectivity index (χ1n) is 8.28. The first-order valence-corrected chi connectivity index (χ1v) is 8.28. The van der Waals surface area contributed by atoms with Crippen LogP contribution in [0.4, 0.5) is 0 Å². The van der Waals surface area contributed by atoms with Gasteiger partial charge in [0.1, 0.15) is 0 Å². The molecule has 2 nitrogen and oxygen atoms in total. The monoisotopic (exact) mass is 266 g/mol. The smallest absolute Gasteiger partial charge is 0.309 e. The van der Waals surface area contributed by atoms with Gasteiger partial charge in [0, 0.05) is 0 Å². The van der Waals surface area contributed by atoms with E-state index in [-0.39, 0.29) is 0 Å². The zero-order valence-corrected chi connectivity index (χ0v) is 12.7. The molecule has 19 heavy (non-hydrogen) atoms. The van der Waals surface area contributed by atoms with E-state index in [0.717, 1.165) is 43.4 Å². The maximum Gasteiger partial charge on any atom is 0.309 e. The van der Waals surface area contributed by atoms with Gasteiger partial charge < -0.3 is 5.11 Å². The molecular formula is C17H30O2. The summed E-state index contributed by atoms with van der Waals surface area (Å²) >= 11 is 0. The van der Waals surface area contributed by atoms with Crippen molar-refractivity contribution in [3.63, 3.8) is 0 Å². The summed E-state index contributed by atoms with van der Waals surface area (Å²) in [5, 5.41) is 9.29. The van der Waals surface area contributed by atoms with Crippen molar-refractivity contribution in [2.24, 2.45) is 23.2 Å². The standard InChI is InChI=1S/C17H30O2/c1-3-4-13-5-7-14(8-6-13)15-9-11-17(2,12-10-15)16(18)19/h13-15H,3-12H2,1-2H3,(H,18,19). The minimum absolute atomic E-state index is 0.435. The van der Waals surface area contributed by atoms with Crippen LogP contribution >= 0.6 is 0 Å². The highest BCUT2D eigenvalue weighted by molar-refractivity contribution is 5.74. The fourth-order valence-corrected chi connectivity index (χ4v) is 4.32. The van der Waals surface area contributed by atoms with Gasteiger partial charge in [0.25, 0.3) is 0 Å². The van der Waals surface area contributed by atoms with Gasteiger partial charge in [0.2, 0.25) is 0 Å². The highest BCUT2D eigenvalue weighted by Gasteiger charge is 2.39. The Bertz CT molecular complexity index is 294. The molecule has 0 radical (unpaired) electrons. The van der Waals surface area contributed by atoms with Crippen molar-refractivity contribution in [1.82, 2.24) is 0 Å². The lowest BCUT2D eigenvalue weighted by Gasteiger charge is -2.40. The lowest BCUT2D eigenvalue weighted by molar-refractivity contribution is -0.150. The van der Waals surface area contributed by atoms with E-state index in [2.05, 4.69) is 6.92 Å². The van der Waals surface area contributed by atoms with E-state index in [1.807, 2.05) is 6.92 Å². The summed E-state index contributed by atoms with van der Waals surface area (Å²) in [6, 6.07) is 0. The molecule has 0 heterocycles. The molecule has 0 spiro atoms. The second-order valence-corrected chi connectivity index (χ2v) is 7.27. The lowest BCUT2D eigenvalue weighted by atomic mass is 9.65. The number of rotatable bonds is 4. The van der Waals surface area contributed by atoms with Crippen LogP contribution < -0.4 is 0 Å². The predicted octanol–water partition coefficient (Wildman–Crippen LogP) is 4.87. The Balaban J connectivity index is 1.78. The lowest BCUT2D eigenvalue weighted by Crippen LogP contribution is -2.35. The fourth-order valence-electron chi connectivity index (χ4n) is 4.32. The molecule has 110 valence electrons. The Hall–Kier alpha value is -0.530. The van der Waals surface area contributed by atoms with Gasteiger partial charge in [-0.15, -0.1) is 0 Å². The topological polar surface area (TPSA) is 37.3 Å². The summed E-state index contributed by atoms with van der Waals surface area (Å²) in [6.07, 6.45) is 12.5. The third-order valence-corrected chi connectivity index (χ3v) is 5.91. The predicted molar refractivity (Wildman–Crippen MR) is 78.1 cm³/mol. The summed E-state index contributed by atoms with van der Waals surface area (Å²) in [7, 11) is 0. The van der Waals surface area contributed by atoms with Gasteiger partial charge in [-0.25, -0.2) is 0 Å². The van der Waals surface area contributed by atoms with Crippen molar-refractivity contribution in [1.29, 1.82) is 0 Å². The molecule has 2 aliphatic rings. The fraction of sp³-hybridized carbons (Fsp3) is 0.941. The quantitative estimate of drug-likeness (QED) is 0.788. The van der Waals surface area contributed by atoms with Crippen LogP contribution in [0.1, 0.15) is 78.1 Å². The zero-order chi connectivity index (χ0) is 13.9. The summed E-state index contributed by atoms with van der Waals surface area (Å²) in [5.41, 5.74) is -0.435. The first kappa shape index (κ1) is 14.9. The summed E-state index contributed by atoms with van der Waals surface area (Å²) in [6.45, 7) is 4.23. The molecule has 2 fully saturated rings. The molecule has 1 N–H and O–H groups in total. The van der Waals surface area contributed by atoms with Crippen LogP contribution in [0.2, 0.25) is 0 Å². The third kappa shape index (κ3) is 3.52. The molecule has 0 atom stereocenters. The molecule has 2 aliphatic carbocycles. The Morgan fingerprint density at radius 1 is 1.05 bits per heavy atom. The molecular weight excluding hydrogens is 236 g/mol. The van der Waals surface area contributed by atoms with Crippen LogP contribution in [0.25, 0.3) is 0 Å². The number of carboxylic acids is 1. The highest BCUT2D eigenvalue weighted by Crippen LogP contribution is 2.45. The SMILES string of the molecule is CCCC1CCC(C2CCC(C)(C(=O)O)CC2)CC1. The van der Waals surface area contributed by atoms with Gasteiger partial charge in [-0.2, -0.15) is 0 Å². The van der Waals surface area contributed by atoms with Crippen molar-refractivity contribution < 1.29 is 9.90 Å². The van der Waals surface area contributed by atoms with E-state index in [1.54, 1.807) is 0 Å². The molecule has 0 aromatic heterocycles. The van der Waals surface area contributed by atoms with Gasteiger partial charge in [-0.05, 0) is 63.2 Å². The number of aliphatic carboxylic acids is 1. The Morgan fingerprint density at radius 2 is 1.58 bits per heavy atom. The molecule has 2 heteroatoms. The van der Waals surface area contributed by atoms with E-state index in [4.69, 9.17) is 0 Å². The molecule has 2 saturated carbocycles. The van der Waals surface area contributed by atoms with Crippen LogP contribution in [0.3, 0.4) is 0 Å². The van der Waals surface area contributed by atoms with E-state index < -0.39 is 11.4 Å². The average Bonchev–Trinajstić information content (AvgIpc) is 2.41. The molecule has 0 unspecified atom stereocenters. The zero-order valence-electron chi connectivity index (χ0n) is 12.7. The number of carbonyl (C=O) groups is 1. The molecule has 0 aromatic rings. The van der Waals surface area contributed by atoms with Gasteiger partial charge in [0.05, 0.1) is 5.41 Å². The molecule has 2 rings (SSSR count). The normalized spacial score (nSPS) is 40.0. The van der Waals surface area contributed by atoms with Crippen LogP contribution in [-0.4, -0.2) is 11.1 Å². The van der Waals surface area contributed by atoms with Gasteiger partial charge in [-0.1, -0.05) is 32.6 Å². The Kier molecular flexibility index (Phi) is 4.92. The number of hydrogen-bond acceptors (Lipinski definition) is 1. The Morgan fingerprint density at radius 3 is 2.05 bits per heavy atom. The van der Waals surface area contributed by atoms with Crippen molar-refractivity contribution in [2.75, 3.05) is 0 Å². The van der Waals surface area contributed by atoms with E-state index in [0.29, 0.717) is 0 Å². The Labute approximate surface area is 118 Å². The second-order valence-electron chi connectivity index (χ2n) is 7.27. The largest absolute Gasteiger partial charge is 0.481 e. The van der Waals surface area contributed by atoms with Crippen molar-refractivity contribution in [3.8, 4) is 0 Å². The van der Waals surface area contributed by atoms with Crippen LogP contribution in [0, 0.1) is 23.2 Å². The van der Waals surface area contributed by atoms with Gasteiger partial charge in [-0.3, -0.25) is 4.79 Å². The van der Waals surface area contributed by atoms with Gasteiger partial charge in [0.15, 0.2) is 0 Å². The van der Waals surface area contributed by atoms with Crippen molar-refractivity contribution in [2.45, 2.75) is 78.1 Å². The average molecular weight is 266 g/mol. The molecule has 0 amide bonds. The van der Waals surface area contributed by atoms with E-state index >= 15 is 0 Å². The minimum Gasteiger partial charge on any atom is -0.481 e. The van der Waals surface area contributed by atoms with Crippen LogP contribution in [0.15, 0.2) is 0 Å². The number of carboxylic acid groups (broad SMARTS) is 1. The summed E-state index contributed by atoms with van der Waals surface area (Å²) in [5.74, 6) is 2.10. The van der Waals surface area contributed by atoms with Crippen LogP contribution in [0.5, 0.6) is 0 Å². The molecule has 0 bridgehead atoms. The molecule has 0 saturated heterocycles. The van der Waals surface area contributed by atoms with Gasteiger partial charge >= 0.3 is 5.97 Å². The summed E-state index contributed by atoms with van der Waals surface area (Å²) in [4.78, 5) is 11.3. The van der Waals surface area contributed by atoms with E-state index in [9.17, 15) is 9.90 Å². The summed E-state index contributed by atoms with van der Waals surface area (Å²) < 4.78 is 0. The third-order valence-electron chi connectivity index (χ3n) is 5.91. The molecule has 0 aromatic carbocycles. The van der Waals surface area contributed by atoms with E-state index in [1.165, 1.54) is 38.5 Å². The van der Waals surface area contributed by atoms with Crippen molar-refractivity contribution in [3.05, 3.63) is 0 Å². The first-order chi connectivity index (χ1) is 9.05. The van der Waals surface area contributed by atoms with Crippen molar-refractivity contribution >= 4 is 5.97 Å². The highest BCUT2D eigenvalue weighted by atomic mass is 16.4. The maximum absolute atomic E-state index is 11.3. The minimum atomic E-state index is -0.586.